The van der Waals surface area contributed by atoms with Crippen LogP contribution in [0.1, 0.15) is 29.8 Å². The predicted octanol–water partition coefficient (Wildman–Crippen LogP) is 5.79. The molecule has 0 aliphatic rings. The Morgan fingerprint density at radius 2 is 1.78 bits per heavy atom. The Hall–Kier alpha value is -3.33. The van der Waals surface area contributed by atoms with Gasteiger partial charge in [0.15, 0.2) is 5.78 Å². The number of allylic oxidation sites excluding steroid dienone is 2. The van der Waals surface area contributed by atoms with Gasteiger partial charge in [-0.25, -0.2) is 0 Å². The maximum atomic E-state index is 12.4. The normalized spacial score (nSPS) is 10.9. The summed E-state index contributed by atoms with van der Waals surface area (Å²) in [6, 6.07) is 18.8. The topological polar surface area (TPSA) is 46.5 Å². The van der Waals surface area contributed by atoms with Crippen molar-refractivity contribution in [2.24, 2.45) is 0 Å². The molecule has 0 heterocycles. The lowest BCUT2D eigenvalue weighted by Gasteiger charge is -2.06. The number of hydrogen-bond donors (Lipinski definition) is 1. The number of carbonyl (C=O) groups is 1. The first-order chi connectivity index (χ1) is 13.0. The molecule has 136 valence electrons. The van der Waals surface area contributed by atoms with Crippen LogP contribution < -0.4 is 4.74 Å². The molecule has 0 aliphatic carbocycles. The van der Waals surface area contributed by atoms with E-state index in [2.05, 4.69) is 0 Å². The summed E-state index contributed by atoms with van der Waals surface area (Å²) in [5, 5.41) is 12.4. The van der Waals surface area contributed by atoms with E-state index in [1.54, 1.807) is 18.2 Å². The number of ether oxygens (including phenoxy) is 1. The number of carbonyl (C=O) groups excluding carboxylic acids is 1. The molecule has 3 heteroatoms. The van der Waals surface area contributed by atoms with E-state index in [0.29, 0.717) is 12.4 Å². The number of aromatic hydroxyl groups is 1. The van der Waals surface area contributed by atoms with Crippen molar-refractivity contribution in [3.63, 3.8) is 0 Å². The molecule has 0 aliphatic heterocycles. The van der Waals surface area contributed by atoms with Crippen LogP contribution in [0.5, 0.6) is 11.5 Å². The van der Waals surface area contributed by atoms with Gasteiger partial charge in [-0.1, -0.05) is 48.0 Å². The molecule has 27 heavy (non-hydrogen) atoms. The van der Waals surface area contributed by atoms with Crippen LogP contribution in [0.3, 0.4) is 0 Å². The maximum Gasteiger partial charge on any atom is 0.189 e. The first-order valence-corrected chi connectivity index (χ1v) is 8.83. The Labute approximate surface area is 159 Å². The lowest BCUT2D eigenvalue weighted by molar-refractivity contribution is 0.104. The van der Waals surface area contributed by atoms with Gasteiger partial charge in [0.25, 0.3) is 0 Å². The van der Waals surface area contributed by atoms with E-state index in [4.69, 9.17) is 4.74 Å². The summed E-state index contributed by atoms with van der Waals surface area (Å²) in [5.74, 6) is 0.189. The van der Waals surface area contributed by atoms with Crippen molar-refractivity contribution >= 4 is 22.6 Å². The first kappa shape index (κ1) is 18.5. The smallest absolute Gasteiger partial charge is 0.189 e. The molecule has 3 aromatic rings. The molecular formula is C24H22O3. The van der Waals surface area contributed by atoms with E-state index in [1.807, 2.05) is 62.4 Å². The molecular weight excluding hydrogens is 336 g/mol. The summed E-state index contributed by atoms with van der Waals surface area (Å²) in [6.45, 7) is 4.41. The van der Waals surface area contributed by atoms with Gasteiger partial charge < -0.3 is 9.84 Å². The molecule has 0 saturated carbocycles. The predicted molar refractivity (Wildman–Crippen MR) is 110 cm³/mol. The van der Waals surface area contributed by atoms with Crippen LogP contribution in [0.25, 0.3) is 16.8 Å². The molecule has 3 rings (SSSR count). The number of hydrogen-bond acceptors (Lipinski definition) is 3. The molecule has 0 fully saturated rings. The summed E-state index contributed by atoms with van der Waals surface area (Å²) in [7, 11) is 0. The van der Waals surface area contributed by atoms with Gasteiger partial charge in [-0.2, -0.15) is 0 Å². The van der Waals surface area contributed by atoms with Gasteiger partial charge in [0.05, 0.1) is 5.56 Å². The number of benzene rings is 3. The van der Waals surface area contributed by atoms with Gasteiger partial charge in [-0.3, -0.25) is 4.79 Å². The number of phenols is 1. The van der Waals surface area contributed by atoms with Crippen LogP contribution >= 0.6 is 0 Å². The zero-order valence-electron chi connectivity index (χ0n) is 15.5. The first-order valence-electron chi connectivity index (χ1n) is 8.83. The second-order valence-corrected chi connectivity index (χ2v) is 6.58. The Balaban J connectivity index is 1.72. The average Bonchev–Trinajstić information content (AvgIpc) is 2.66. The van der Waals surface area contributed by atoms with E-state index >= 15 is 0 Å². The zero-order chi connectivity index (χ0) is 19.2. The van der Waals surface area contributed by atoms with Gasteiger partial charge in [-0.15, -0.1) is 0 Å². The minimum Gasteiger partial charge on any atom is -0.507 e. The highest BCUT2D eigenvalue weighted by atomic mass is 16.5. The van der Waals surface area contributed by atoms with E-state index < -0.39 is 0 Å². The molecule has 0 aromatic heterocycles. The van der Waals surface area contributed by atoms with Crippen molar-refractivity contribution in [1.29, 1.82) is 0 Å². The summed E-state index contributed by atoms with van der Waals surface area (Å²) in [5.41, 5.74) is 2.34. The summed E-state index contributed by atoms with van der Waals surface area (Å²) in [4.78, 5) is 12.4. The summed E-state index contributed by atoms with van der Waals surface area (Å²) in [6.07, 6.45) is 5.18. The second kappa shape index (κ2) is 8.37. The van der Waals surface area contributed by atoms with Crippen molar-refractivity contribution in [1.82, 2.24) is 0 Å². The molecule has 1 N–H and O–H groups in total. The molecule has 3 aromatic carbocycles. The van der Waals surface area contributed by atoms with Gasteiger partial charge in [0.1, 0.15) is 18.1 Å². The molecule has 0 spiro atoms. The largest absolute Gasteiger partial charge is 0.507 e. The second-order valence-electron chi connectivity index (χ2n) is 6.58. The van der Waals surface area contributed by atoms with E-state index in [0.717, 1.165) is 21.9 Å². The fraction of sp³-hybridized carbons (Fsp3) is 0.125. The Morgan fingerprint density at radius 1 is 1.00 bits per heavy atom. The van der Waals surface area contributed by atoms with Crippen molar-refractivity contribution in [2.45, 2.75) is 13.8 Å². The Bertz CT molecular complexity index is 1020. The zero-order valence-corrected chi connectivity index (χ0v) is 15.5. The minimum absolute atomic E-state index is 0.0853. The highest BCUT2D eigenvalue weighted by Crippen LogP contribution is 2.25. The van der Waals surface area contributed by atoms with Gasteiger partial charge in [0.2, 0.25) is 0 Å². The SMILES string of the molecule is CC(C)=CCOc1ccc(C(=O)/C=C/c2ccc3ccccc3c2)c(O)c1. The van der Waals surface area contributed by atoms with Crippen LogP contribution in [0.15, 0.2) is 78.4 Å². The summed E-state index contributed by atoms with van der Waals surface area (Å²) >= 11 is 0. The third-order valence-electron chi connectivity index (χ3n) is 4.18. The minimum atomic E-state index is -0.253. The summed E-state index contributed by atoms with van der Waals surface area (Å²) < 4.78 is 5.54. The third kappa shape index (κ3) is 4.85. The number of fused-ring (bicyclic) bond motifs is 1. The molecule has 0 amide bonds. The Kier molecular flexibility index (Phi) is 5.72. The highest BCUT2D eigenvalue weighted by molar-refractivity contribution is 6.08. The highest BCUT2D eigenvalue weighted by Gasteiger charge is 2.09. The van der Waals surface area contributed by atoms with Crippen LogP contribution in [-0.4, -0.2) is 17.5 Å². The lowest BCUT2D eigenvalue weighted by Crippen LogP contribution is -1.98. The Morgan fingerprint density at radius 3 is 2.52 bits per heavy atom. The van der Waals surface area contributed by atoms with E-state index in [1.165, 1.54) is 12.1 Å². The molecule has 0 saturated heterocycles. The van der Waals surface area contributed by atoms with E-state index in [9.17, 15) is 9.90 Å². The fourth-order valence-corrected chi connectivity index (χ4v) is 2.69. The maximum absolute atomic E-state index is 12.4. The fourth-order valence-electron chi connectivity index (χ4n) is 2.69. The molecule has 0 atom stereocenters. The van der Waals surface area contributed by atoms with Crippen LogP contribution in [0.4, 0.5) is 0 Å². The van der Waals surface area contributed by atoms with Crippen molar-refractivity contribution < 1.29 is 14.6 Å². The van der Waals surface area contributed by atoms with Crippen LogP contribution in [0.2, 0.25) is 0 Å². The average molecular weight is 358 g/mol. The molecule has 0 radical (unpaired) electrons. The van der Waals surface area contributed by atoms with Gasteiger partial charge in [-0.05, 0) is 60.5 Å². The number of ketones is 1. The van der Waals surface area contributed by atoms with Crippen molar-refractivity contribution in [3.8, 4) is 11.5 Å². The quantitative estimate of drug-likeness (QED) is 0.345. The lowest BCUT2D eigenvalue weighted by atomic mass is 10.0. The number of rotatable bonds is 6. The van der Waals surface area contributed by atoms with Crippen molar-refractivity contribution in [2.75, 3.05) is 6.61 Å². The molecule has 0 unspecified atom stereocenters. The standard InChI is InChI=1S/C24H22O3/c1-17(2)13-14-27-21-10-11-22(24(26)16-21)23(25)12-8-18-7-9-19-5-3-4-6-20(19)15-18/h3-13,15-16,26H,14H2,1-2H3/b12-8+. The van der Waals surface area contributed by atoms with Gasteiger partial charge in [0, 0.05) is 6.07 Å². The monoisotopic (exact) mass is 358 g/mol. The number of phenolic OH excluding ortho intramolecular Hbond substituents is 1. The van der Waals surface area contributed by atoms with E-state index in [-0.39, 0.29) is 17.1 Å². The molecule has 3 nitrogen and oxygen atoms in total. The van der Waals surface area contributed by atoms with Crippen LogP contribution in [-0.2, 0) is 0 Å². The van der Waals surface area contributed by atoms with Crippen molar-refractivity contribution in [3.05, 3.63) is 89.5 Å². The van der Waals surface area contributed by atoms with Crippen LogP contribution in [0, 0.1) is 0 Å². The molecule has 0 bridgehead atoms. The van der Waals surface area contributed by atoms with Gasteiger partial charge >= 0.3 is 0 Å². The third-order valence-corrected chi connectivity index (χ3v) is 4.18.